The molecule has 1 aromatic carbocycles. The molecular weight excluding hydrogens is 360 g/mol. The standard InChI is InChI=1S/C18H26N2O3S.ClH/c1-13-10-15-11-17(4-5-18(15)23-13)24(21,22)20-8-6-16(7-9-20)19-12-14-2-3-14;/h4-5,11,13-14,16,19H,2-3,6-10,12H2,1H3;1H. The van der Waals surface area contributed by atoms with Crippen LogP contribution in [0.3, 0.4) is 0 Å². The van der Waals surface area contributed by atoms with Gasteiger partial charge in [0.2, 0.25) is 10.0 Å². The summed E-state index contributed by atoms with van der Waals surface area (Å²) in [5, 5.41) is 3.60. The van der Waals surface area contributed by atoms with Gasteiger partial charge in [0.05, 0.1) is 4.90 Å². The van der Waals surface area contributed by atoms with Crippen LogP contribution in [-0.2, 0) is 16.4 Å². The highest BCUT2D eigenvalue weighted by atomic mass is 35.5. The van der Waals surface area contributed by atoms with Crippen molar-refractivity contribution in [3.63, 3.8) is 0 Å². The Morgan fingerprint density at radius 2 is 1.92 bits per heavy atom. The average Bonchev–Trinajstić information content (AvgIpc) is 3.32. The van der Waals surface area contributed by atoms with Crippen LogP contribution in [0.25, 0.3) is 0 Å². The van der Waals surface area contributed by atoms with Crippen LogP contribution >= 0.6 is 12.4 Å². The van der Waals surface area contributed by atoms with Gasteiger partial charge in [-0.1, -0.05) is 0 Å². The number of hydrogen-bond donors (Lipinski definition) is 1. The third-order valence-corrected chi connectivity index (χ3v) is 7.25. The smallest absolute Gasteiger partial charge is 0.243 e. The molecule has 25 heavy (non-hydrogen) atoms. The highest BCUT2D eigenvalue weighted by Gasteiger charge is 2.31. The Balaban J connectivity index is 0.00000182. The van der Waals surface area contributed by atoms with Crippen molar-refractivity contribution in [2.24, 2.45) is 5.92 Å². The van der Waals surface area contributed by atoms with E-state index in [2.05, 4.69) is 5.32 Å². The highest BCUT2D eigenvalue weighted by Crippen LogP contribution is 2.32. The van der Waals surface area contributed by atoms with Crippen LogP contribution in [0.5, 0.6) is 5.75 Å². The molecule has 1 saturated carbocycles. The lowest BCUT2D eigenvalue weighted by Crippen LogP contribution is -2.45. The van der Waals surface area contributed by atoms with E-state index in [1.54, 1.807) is 22.5 Å². The number of nitrogens with one attached hydrogen (secondary N) is 1. The van der Waals surface area contributed by atoms with E-state index in [1.807, 2.05) is 6.92 Å². The molecule has 0 amide bonds. The van der Waals surface area contributed by atoms with Crippen molar-refractivity contribution in [2.75, 3.05) is 19.6 Å². The second-order valence-corrected chi connectivity index (χ2v) is 9.37. The van der Waals surface area contributed by atoms with Gasteiger partial charge in [0.15, 0.2) is 0 Å². The minimum Gasteiger partial charge on any atom is -0.490 e. The predicted octanol–water partition coefficient (Wildman–Crippen LogP) is 2.58. The number of halogens is 1. The summed E-state index contributed by atoms with van der Waals surface area (Å²) in [6, 6.07) is 5.75. The lowest BCUT2D eigenvalue weighted by molar-refractivity contribution is 0.254. The molecule has 1 atom stereocenters. The lowest BCUT2D eigenvalue weighted by atomic mass is 10.1. The first-order valence-corrected chi connectivity index (χ1v) is 10.5. The van der Waals surface area contributed by atoms with E-state index in [9.17, 15) is 8.42 Å². The zero-order chi connectivity index (χ0) is 16.7. The SMILES string of the molecule is CC1Cc2cc(S(=O)(=O)N3CCC(NCC4CC4)CC3)ccc2O1.Cl. The van der Waals surface area contributed by atoms with E-state index in [1.165, 1.54) is 12.8 Å². The molecule has 2 aliphatic heterocycles. The van der Waals surface area contributed by atoms with E-state index in [4.69, 9.17) is 4.74 Å². The van der Waals surface area contributed by atoms with Crippen molar-refractivity contribution in [2.45, 2.75) is 56.1 Å². The minimum atomic E-state index is -3.39. The third-order valence-electron chi connectivity index (χ3n) is 5.35. The summed E-state index contributed by atoms with van der Waals surface area (Å²) in [6.45, 7) is 4.32. The zero-order valence-corrected chi connectivity index (χ0v) is 16.2. The molecule has 3 aliphatic rings. The molecule has 1 unspecified atom stereocenters. The third kappa shape index (κ3) is 4.13. The van der Waals surface area contributed by atoms with Crippen LogP contribution in [0.1, 0.15) is 38.2 Å². The number of rotatable bonds is 5. The molecule has 1 aliphatic carbocycles. The van der Waals surface area contributed by atoms with Crippen molar-refractivity contribution in [3.8, 4) is 5.75 Å². The molecule has 0 radical (unpaired) electrons. The number of fused-ring (bicyclic) bond motifs is 1. The first-order valence-electron chi connectivity index (χ1n) is 9.05. The molecule has 7 heteroatoms. The molecular formula is C18H27ClN2O3S. The Morgan fingerprint density at radius 1 is 1.20 bits per heavy atom. The fourth-order valence-corrected chi connectivity index (χ4v) is 5.18. The first kappa shape index (κ1) is 19.0. The molecule has 0 aromatic heterocycles. The summed E-state index contributed by atoms with van der Waals surface area (Å²) in [6.07, 6.45) is 5.41. The molecule has 5 nitrogen and oxygen atoms in total. The predicted molar refractivity (Wildman–Crippen MR) is 100.0 cm³/mol. The fraction of sp³-hybridized carbons (Fsp3) is 0.667. The Bertz CT molecular complexity index is 713. The normalized spacial score (nSPS) is 24.4. The molecule has 140 valence electrons. The van der Waals surface area contributed by atoms with Gasteiger partial charge in [-0.2, -0.15) is 4.31 Å². The molecule has 2 fully saturated rings. The van der Waals surface area contributed by atoms with Gasteiger partial charge in [0.25, 0.3) is 0 Å². The van der Waals surface area contributed by atoms with Crippen molar-refractivity contribution in [3.05, 3.63) is 23.8 Å². The number of hydrogen-bond acceptors (Lipinski definition) is 4. The van der Waals surface area contributed by atoms with Crippen LogP contribution in [-0.4, -0.2) is 44.5 Å². The van der Waals surface area contributed by atoms with Gasteiger partial charge in [-0.3, -0.25) is 0 Å². The molecule has 4 rings (SSSR count). The summed E-state index contributed by atoms with van der Waals surface area (Å²) < 4.78 is 33.1. The summed E-state index contributed by atoms with van der Waals surface area (Å²) in [7, 11) is -3.39. The van der Waals surface area contributed by atoms with Gasteiger partial charge in [-0.15, -0.1) is 12.4 Å². The quantitative estimate of drug-likeness (QED) is 0.845. The maximum atomic E-state index is 12.9. The summed E-state index contributed by atoms with van der Waals surface area (Å²) in [5.41, 5.74) is 1.00. The molecule has 1 N–H and O–H groups in total. The Labute approximate surface area is 156 Å². The second-order valence-electron chi connectivity index (χ2n) is 7.43. The molecule has 1 aromatic rings. The van der Waals surface area contributed by atoms with Gasteiger partial charge in [0, 0.05) is 25.6 Å². The largest absolute Gasteiger partial charge is 0.490 e. The zero-order valence-electron chi connectivity index (χ0n) is 14.6. The maximum absolute atomic E-state index is 12.9. The first-order chi connectivity index (χ1) is 11.5. The van der Waals surface area contributed by atoms with Gasteiger partial charge >= 0.3 is 0 Å². The van der Waals surface area contributed by atoms with Crippen LogP contribution in [0.4, 0.5) is 0 Å². The Morgan fingerprint density at radius 3 is 2.60 bits per heavy atom. The van der Waals surface area contributed by atoms with Crippen molar-refractivity contribution in [1.29, 1.82) is 0 Å². The maximum Gasteiger partial charge on any atom is 0.243 e. The van der Waals surface area contributed by atoms with Crippen LogP contribution in [0.2, 0.25) is 0 Å². The molecule has 1 saturated heterocycles. The molecule has 0 spiro atoms. The van der Waals surface area contributed by atoms with Gasteiger partial charge in [0.1, 0.15) is 11.9 Å². The van der Waals surface area contributed by atoms with Gasteiger partial charge in [-0.25, -0.2) is 8.42 Å². The van der Waals surface area contributed by atoms with E-state index >= 15 is 0 Å². The number of benzene rings is 1. The van der Waals surface area contributed by atoms with E-state index in [0.717, 1.165) is 43.0 Å². The van der Waals surface area contributed by atoms with Crippen LogP contribution < -0.4 is 10.1 Å². The summed E-state index contributed by atoms with van der Waals surface area (Å²) in [5.74, 6) is 1.69. The van der Waals surface area contributed by atoms with Crippen molar-refractivity contribution < 1.29 is 13.2 Å². The van der Waals surface area contributed by atoms with Crippen molar-refractivity contribution in [1.82, 2.24) is 9.62 Å². The number of nitrogens with zero attached hydrogens (tertiary/aromatic N) is 1. The topological polar surface area (TPSA) is 58.6 Å². The summed E-state index contributed by atoms with van der Waals surface area (Å²) in [4.78, 5) is 0.406. The number of ether oxygens (including phenoxy) is 1. The van der Waals surface area contributed by atoms with Gasteiger partial charge < -0.3 is 10.1 Å². The monoisotopic (exact) mass is 386 g/mol. The Kier molecular flexibility index (Phi) is 5.63. The number of sulfonamides is 1. The Hall–Kier alpha value is -0.820. The molecule has 2 heterocycles. The number of piperidine rings is 1. The second kappa shape index (κ2) is 7.43. The molecule has 0 bridgehead atoms. The highest BCUT2D eigenvalue weighted by molar-refractivity contribution is 7.89. The van der Waals surface area contributed by atoms with E-state index in [-0.39, 0.29) is 18.5 Å². The fourth-order valence-electron chi connectivity index (χ4n) is 3.66. The minimum absolute atomic E-state index is 0. The van der Waals surface area contributed by atoms with E-state index < -0.39 is 10.0 Å². The van der Waals surface area contributed by atoms with E-state index in [0.29, 0.717) is 24.0 Å². The van der Waals surface area contributed by atoms with Crippen LogP contribution in [0.15, 0.2) is 23.1 Å². The average molecular weight is 387 g/mol. The van der Waals surface area contributed by atoms with Crippen molar-refractivity contribution >= 4 is 22.4 Å². The summed E-state index contributed by atoms with van der Waals surface area (Å²) >= 11 is 0. The lowest BCUT2D eigenvalue weighted by Gasteiger charge is -2.31. The van der Waals surface area contributed by atoms with Crippen LogP contribution in [0, 0.1) is 5.92 Å². The van der Waals surface area contributed by atoms with Gasteiger partial charge in [-0.05, 0) is 68.8 Å².